The molecule has 1 saturated carbocycles. The number of carbonyl (C=O) groups is 1. The van der Waals surface area contributed by atoms with Crippen molar-refractivity contribution >= 4 is 11.7 Å². The zero-order valence-corrected chi connectivity index (χ0v) is 10.5. The highest BCUT2D eigenvalue weighted by Gasteiger charge is 2.32. The van der Waals surface area contributed by atoms with Crippen molar-refractivity contribution in [1.29, 1.82) is 0 Å². The molecule has 1 aromatic rings. The van der Waals surface area contributed by atoms with Gasteiger partial charge in [-0.05, 0) is 19.8 Å². The Bertz CT molecular complexity index is 410. The largest absolute Gasteiger partial charge is 0.394 e. The lowest BCUT2D eigenvalue weighted by Crippen LogP contribution is -2.49. The van der Waals surface area contributed by atoms with Crippen LogP contribution in [0.3, 0.4) is 0 Å². The topological polar surface area (TPSA) is 87.4 Å². The van der Waals surface area contributed by atoms with E-state index in [-0.39, 0.29) is 24.6 Å². The lowest BCUT2D eigenvalue weighted by molar-refractivity contribution is -0.115. The normalized spacial score (nSPS) is 17.9. The van der Waals surface area contributed by atoms with Crippen LogP contribution in [-0.4, -0.2) is 34.9 Å². The summed E-state index contributed by atoms with van der Waals surface area (Å²) in [7, 11) is 0. The number of aryl methyl sites for hydroxylation is 1. The lowest BCUT2D eigenvalue weighted by atomic mass is 9.99. The summed E-state index contributed by atoms with van der Waals surface area (Å²) in [6.45, 7) is 2.01. The van der Waals surface area contributed by atoms with Crippen molar-refractivity contribution in [2.75, 3.05) is 18.5 Å². The first-order valence-corrected chi connectivity index (χ1v) is 6.23. The second-order valence-corrected chi connectivity index (χ2v) is 4.87. The maximum Gasteiger partial charge on any atom is 0.239 e. The summed E-state index contributed by atoms with van der Waals surface area (Å²) in [6, 6.07) is 1.66. The molecule has 6 nitrogen and oxygen atoms in total. The summed E-state index contributed by atoms with van der Waals surface area (Å²) in [6.07, 6.45) is 4.02. The van der Waals surface area contributed by atoms with Crippen LogP contribution in [0, 0.1) is 6.92 Å². The highest BCUT2D eigenvalue weighted by Crippen LogP contribution is 2.28. The van der Waals surface area contributed by atoms with Gasteiger partial charge in [-0.2, -0.15) is 0 Å². The SMILES string of the molecule is Cc1cc(NC(=O)CNC2(CO)CCCC2)no1. The van der Waals surface area contributed by atoms with E-state index in [0.717, 1.165) is 25.7 Å². The zero-order chi connectivity index (χ0) is 13.0. The van der Waals surface area contributed by atoms with E-state index in [1.807, 2.05) is 0 Å². The van der Waals surface area contributed by atoms with Crippen LogP contribution in [0.4, 0.5) is 5.82 Å². The molecule has 0 aromatic carbocycles. The van der Waals surface area contributed by atoms with E-state index in [2.05, 4.69) is 15.8 Å². The van der Waals surface area contributed by atoms with Gasteiger partial charge >= 0.3 is 0 Å². The number of aliphatic hydroxyl groups excluding tert-OH is 1. The lowest BCUT2D eigenvalue weighted by Gasteiger charge is -2.27. The molecule has 2 rings (SSSR count). The van der Waals surface area contributed by atoms with Crippen LogP contribution in [0.15, 0.2) is 10.6 Å². The van der Waals surface area contributed by atoms with E-state index in [1.54, 1.807) is 13.0 Å². The molecular formula is C12H19N3O3. The molecule has 0 bridgehead atoms. The fourth-order valence-electron chi connectivity index (χ4n) is 2.32. The molecule has 100 valence electrons. The molecule has 1 amide bonds. The molecule has 3 N–H and O–H groups in total. The Labute approximate surface area is 106 Å². The number of aliphatic hydroxyl groups is 1. The van der Waals surface area contributed by atoms with Crippen LogP contribution >= 0.6 is 0 Å². The highest BCUT2D eigenvalue weighted by atomic mass is 16.5. The van der Waals surface area contributed by atoms with Crippen molar-refractivity contribution in [1.82, 2.24) is 10.5 Å². The Balaban J connectivity index is 1.81. The van der Waals surface area contributed by atoms with Gasteiger partial charge in [-0.3, -0.25) is 4.79 Å². The van der Waals surface area contributed by atoms with Crippen molar-refractivity contribution < 1.29 is 14.4 Å². The minimum Gasteiger partial charge on any atom is -0.394 e. The summed E-state index contributed by atoms with van der Waals surface area (Å²) in [5, 5.41) is 18.9. The van der Waals surface area contributed by atoms with Gasteiger partial charge in [-0.1, -0.05) is 18.0 Å². The van der Waals surface area contributed by atoms with Gasteiger partial charge in [0.1, 0.15) is 5.76 Å². The van der Waals surface area contributed by atoms with Gasteiger partial charge in [-0.15, -0.1) is 0 Å². The molecule has 6 heteroatoms. The third-order valence-electron chi connectivity index (χ3n) is 3.38. The molecule has 1 fully saturated rings. The van der Waals surface area contributed by atoms with Crippen molar-refractivity contribution in [3.8, 4) is 0 Å². The van der Waals surface area contributed by atoms with E-state index in [1.165, 1.54) is 0 Å². The minimum absolute atomic E-state index is 0.0728. The predicted molar refractivity (Wildman–Crippen MR) is 66.2 cm³/mol. The highest BCUT2D eigenvalue weighted by molar-refractivity contribution is 5.91. The molecule has 1 aliphatic carbocycles. The average molecular weight is 253 g/mol. The second-order valence-electron chi connectivity index (χ2n) is 4.87. The molecule has 0 atom stereocenters. The Hall–Kier alpha value is -1.40. The van der Waals surface area contributed by atoms with E-state index in [4.69, 9.17) is 4.52 Å². The summed E-state index contributed by atoms with van der Waals surface area (Å²) < 4.78 is 4.86. The molecular weight excluding hydrogens is 234 g/mol. The Kier molecular flexibility index (Phi) is 3.98. The summed E-state index contributed by atoms with van der Waals surface area (Å²) in [5.41, 5.74) is -0.281. The van der Waals surface area contributed by atoms with E-state index in [9.17, 15) is 9.90 Å². The fraction of sp³-hybridized carbons (Fsp3) is 0.667. The fourth-order valence-corrected chi connectivity index (χ4v) is 2.32. The summed E-state index contributed by atoms with van der Waals surface area (Å²) in [5.74, 6) is 0.896. The molecule has 1 aromatic heterocycles. The monoisotopic (exact) mass is 253 g/mol. The van der Waals surface area contributed by atoms with Gasteiger partial charge in [-0.25, -0.2) is 0 Å². The number of carbonyl (C=O) groups excluding carboxylic acids is 1. The van der Waals surface area contributed by atoms with Crippen LogP contribution in [0.25, 0.3) is 0 Å². The Morgan fingerprint density at radius 2 is 2.28 bits per heavy atom. The predicted octanol–water partition coefficient (Wildman–Crippen LogP) is 0.816. The number of amides is 1. The maximum atomic E-state index is 11.7. The van der Waals surface area contributed by atoms with Crippen molar-refractivity contribution in [3.63, 3.8) is 0 Å². The van der Waals surface area contributed by atoms with Crippen LogP contribution < -0.4 is 10.6 Å². The first kappa shape index (κ1) is 13.0. The molecule has 0 unspecified atom stereocenters. The van der Waals surface area contributed by atoms with Crippen LogP contribution in [0.1, 0.15) is 31.4 Å². The van der Waals surface area contributed by atoms with E-state index < -0.39 is 0 Å². The summed E-state index contributed by atoms with van der Waals surface area (Å²) in [4.78, 5) is 11.7. The minimum atomic E-state index is -0.281. The first-order chi connectivity index (χ1) is 8.63. The van der Waals surface area contributed by atoms with Crippen molar-refractivity contribution in [2.24, 2.45) is 0 Å². The quantitative estimate of drug-likeness (QED) is 0.723. The van der Waals surface area contributed by atoms with Crippen LogP contribution in [0.2, 0.25) is 0 Å². The number of aromatic nitrogens is 1. The molecule has 18 heavy (non-hydrogen) atoms. The summed E-state index contributed by atoms with van der Waals surface area (Å²) >= 11 is 0. The molecule has 1 aliphatic rings. The number of anilines is 1. The van der Waals surface area contributed by atoms with Crippen LogP contribution in [-0.2, 0) is 4.79 Å². The molecule has 0 radical (unpaired) electrons. The maximum absolute atomic E-state index is 11.7. The second kappa shape index (κ2) is 5.49. The van der Waals surface area contributed by atoms with Crippen LogP contribution in [0.5, 0.6) is 0 Å². The number of rotatable bonds is 5. The number of hydrogen-bond donors (Lipinski definition) is 3. The van der Waals surface area contributed by atoms with E-state index in [0.29, 0.717) is 11.6 Å². The Morgan fingerprint density at radius 3 is 2.83 bits per heavy atom. The smallest absolute Gasteiger partial charge is 0.239 e. The van der Waals surface area contributed by atoms with Crippen molar-refractivity contribution in [2.45, 2.75) is 38.1 Å². The standard InChI is InChI=1S/C12H19N3O3/c1-9-6-10(15-18-9)14-11(17)7-13-12(8-16)4-2-3-5-12/h6,13,16H,2-5,7-8H2,1H3,(H,14,15,17). The first-order valence-electron chi connectivity index (χ1n) is 6.23. The van der Waals surface area contributed by atoms with Gasteiger partial charge in [0.05, 0.1) is 13.2 Å². The molecule has 1 heterocycles. The van der Waals surface area contributed by atoms with Gasteiger partial charge in [0.15, 0.2) is 5.82 Å². The van der Waals surface area contributed by atoms with Crippen molar-refractivity contribution in [3.05, 3.63) is 11.8 Å². The zero-order valence-electron chi connectivity index (χ0n) is 10.5. The number of hydrogen-bond acceptors (Lipinski definition) is 5. The average Bonchev–Trinajstić information content (AvgIpc) is 2.97. The third-order valence-corrected chi connectivity index (χ3v) is 3.38. The van der Waals surface area contributed by atoms with Gasteiger partial charge in [0.25, 0.3) is 0 Å². The Morgan fingerprint density at radius 1 is 1.56 bits per heavy atom. The number of nitrogens with zero attached hydrogens (tertiary/aromatic N) is 1. The van der Waals surface area contributed by atoms with Gasteiger partial charge in [0, 0.05) is 11.6 Å². The van der Waals surface area contributed by atoms with Gasteiger partial charge < -0.3 is 20.3 Å². The molecule has 0 saturated heterocycles. The third kappa shape index (κ3) is 3.08. The van der Waals surface area contributed by atoms with E-state index >= 15 is 0 Å². The van der Waals surface area contributed by atoms with Gasteiger partial charge in [0.2, 0.25) is 5.91 Å². The molecule has 0 spiro atoms. The number of nitrogens with one attached hydrogen (secondary N) is 2. The molecule has 0 aliphatic heterocycles.